The Hall–Kier alpha value is -3.02. The molecule has 2 rings (SSSR count). The lowest BCUT2D eigenvalue weighted by Gasteiger charge is -2.15. The molecule has 0 unspecified atom stereocenters. The normalized spacial score (nSPS) is 12.3. The molecule has 0 saturated carbocycles. The highest BCUT2D eigenvalue weighted by Crippen LogP contribution is 2.23. The molecule has 160 valence electrons. The van der Waals surface area contributed by atoms with Gasteiger partial charge < -0.3 is 10.1 Å². The van der Waals surface area contributed by atoms with Gasteiger partial charge in [-0.15, -0.1) is 0 Å². The van der Waals surface area contributed by atoms with Crippen molar-refractivity contribution in [2.45, 2.75) is 17.9 Å². The molecule has 0 aromatic heterocycles. The lowest BCUT2D eigenvalue weighted by molar-refractivity contribution is -0.384. The minimum absolute atomic E-state index is 0.0519. The van der Waals surface area contributed by atoms with Gasteiger partial charge in [-0.3, -0.25) is 14.9 Å². The molecule has 0 saturated heterocycles. The molecule has 1 N–H and O–H groups in total. The fourth-order valence-electron chi connectivity index (χ4n) is 2.25. The summed E-state index contributed by atoms with van der Waals surface area (Å²) in [6.07, 6.45) is -1.29. The Labute approximate surface area is 177 Å². The number of carbonyl (C=O) groups excluding carboxylic acids is 2. The maximum atomic E-state index is 12.4. The fraction of sp³-hybridized carbons (Fsp3) is 0.222. The summed E-state index contributed by atoms with van der Waals surface area (Å²) in [5.74, 6) is -1.74. The second-order valence-electron chi connectivity index (χ2n) is 6.27. The van der Waals surface area contributed by atoms with Crippen molar-refractivity contribution in [3.8, 4) is 0 Å². The van der Waals surface area contributed by atoms with Crippen molar-refractivity contribution >= 4 is 44.9 Å². The van der Waals surface area contributed by atoms with E-state index in [1.165, 1.54) is 51.4 Å². The number of anilines is 1. The van der Waals surface area contributed by atoms with Gasteiger partial charge in [-0.05, 0) is 31.2 Å². The number of hydrogen-bond donors (Lipinski definition) is 1. The molecule has 0 aliphatic heterocycles. The van der Waals surface area contributed by atoms with Crippen LogP contribution in [0.4, 0.5) is 11.4 Å². The van der Waals surface area contributed by atoms with Crippen LogP contribution >= 0.6 is 11.6 Å². The summed E-state index contributed by atoms with van der Waals surface area (Å²) >= 11 is 5.99. The molecule has 0 spiro atoms. The fourth-order valence-corrected chi connectivity index (χ4v) is 3.37. The number of nitro benzene ring substituents is 1. The standard InChI is InChI=1S/C18H18ClN3O7S/c1-11(17(23)20-12-5-4-6-13(9-12)22(25)26)29-18(24)15-10-14(7-8-16(15)19)30(27,28)21(2)3/h4-11H,1-3H3,(H,20,23)/t11-/m0/s1. The molecule has 30 heavy (non-hydrogen) atoms. The number of nitrogens with zero attached hydrogens (tertiary/aromatic N) is 2. The van der Waals surface area contributed by atoms with Crippen molar-refractivity contribution in [2.75, 3.05) is 19.4 Å². The van der Waals surface area contributed by atoms with Gasteiger partial charge >= 0.3 is 5.97 Å². The minimum Gasteiger partial charge on any atom is -0.449 e. The van der Waals surface area contributed by atoms with Crippen LogP contribution in [0.15, 0.2) is 47.4 Å². The summed E-state index contributed by atoms with van der Waals surface area (Å²) in [6.45, 7) is 1.29. The van der Waals surface area contributed by atoms with Crippen molar-refractivity contribution < 1.29 is 27.7 Å². The topological polar surface area (TPSA) is 136 Å². The highest BCUT2D eigenvalue weighted by molar-refractivity contribution is 7.89. The van der Waals surface area contributed by atoms with E-state index >= 15 is 0 Å². The first kappa shape index (κ1) is 23.3. The molecule has 1 amide bonds. The number of amides is 1. The summed E-state index contributed by atoms with van der Waals surface area (Å²) in [5, 5.41) is 13.2. The molecule has 0 aliphatic carbocycles. The van der Waals surface area contributed by atoms with Crippen molar-refractivity contribution in [3.63, 3.8) is 0 Å². The number of halogens is 1. The van der Waals surface area contributed by atoms with Gasteiger partial charge in [0.15, 0.2) is 6.10 Å². The number of ether oxygens (including phenoxy) is 1. The largest absolute Gasteiger partial charge is 0.449 e. The maximum Gasteiger partial charge on any atom is 0.340 e. The van der Waals surface area contributed by atoms with E-state index < -0.39 is 32.9 Å². The molecule has 0 bridgehead atoms. The lowest BCUT2D eigenvalue weighted by Crippen LogP contribution is -2.30. The van der Waals surface area contributed by atoms with E-state index in [9.17, 15) is 28.1 Å². The Morgan fingerprint density at radius 3 is 2.47 bits per heavy atom. The zero-order valence-electron chi connectivity index (χ0n) is 16.2. The van der Waals surface area contributed by atoms with Crippen LogP contribution < -0.4 is 5.32 Å². The Kier molecular flexibility index (Phi) is 7.13. The van der Waals surface area contributed by atoms with E-state index in [4.69, 9.17) is 16.3 Å². The molecule has 1 atom stereocenters. The van der Waals surface area contributed by atoms with Crippen LogP contribution in [0.25, 0.3) is 0 Å². The molecular formula is C18H18ClN3O7S. The van der Waals surface area contributed by atoms with Gasteiger partial charge in [0.25, 0.3) is 11.6 Å². The second kappa shape index (κ2) is 9.20. The molecular weight excluding hydrogens is 438 g/mol. The number of esters is 1. The molecule has 2 aromatic carbocycles. The van der Waals surface area contributed by atoms with E-state index in [2.05, 4.69) is 5.32 Å². The number of sulfonamides is 1. The summed E-state index contributed by atoms with van der Waals surface area (Å²) in [5.41, 5.74) is -0.299. The van der Waals surface area contributed by atoms with Crippen LogP contribution in [0.3, 0.4) is 0 Å². The number of nitrogens with one attached hydrogen (secondary N) is 1. The molecule has 12 heteroatoms. The van der Waals surface area contributed by atoms with Crippen LogP contribution in [0, 0.1) is 10.1 Å². The number of hydrogen-bond acceptors (Lipinski definition) is 7. The van der Waals surface area contributed by atoms with Crippen LogP contribution in [-0.4, -0.2) is 49.7 Å². The van der Waals surface area contributed by atoms with Gasteiger partial charge in [0.1, 0.15) is 0 Å². The first-order chi connectivity index (χ1) is 13.9. The summed E-state index contributed by atoms with van der Waals surface area (Å²) in [4.78, 5) is 34.7. The average Bonchev–Trinajstić information content (AvgIpc) is 2.67. The van der Waals surface area contributed by atoms with Gasteiger partial charge in [-0.1, -0.05) is 17.7 Å². The Bertz CT molecular complexity index is 1100. The van der Waals surface area contributed by atoms with E-state index in [0.29, 0.717) is 0 Å². The van der Waals surface area contributed by atoms with Crippen LogP contribution in [0.2, 0.25) is 5.02 Å². The lowest BCUT2D eigenvalue weighted by atomic mass is 10.2. The molecule has 2 aromatic rings. The second-order valence-corrected chi connectivity index (χ2v) is 8.83. The predicted octanol–water partition coefficient (Wildman–Crippen LogP) is 2.68. The van der Waals surface area contributed by atoms with Crippen LogP contribution in [0.5, 0.6) is 0 Å². The Balaban J connectivity index is 2.16. The number of nitro groups is 1. The highest BCUT2D eigenvalue weighted by Gasteiger charge is 2.24. The molecule has 0 fully saturated rings. The van der Waals surface area contributed by atoms with E-state index in [1.54, 1.807) is 0 Å². The van der Waals surface area contributed by atoms with Gasteiger partial charge in [0.2, 0.25) is 10.0 Å². The summed E-state index contributed by atoms with van der Waals surface area (Å²) in [7, 11) is -1.14. The average molecular weight is 456 g/mol. The molecule has 10 nitrogen and oxygen atoms in total. The monoisotopic (exact) mass is 455 g/mol. The third-order valence-electron chi connectivity index (χ3n) is 3.91. The van der Waals surface area contributed by atoms with Crippen LogP contribution in [0.1, 0.15) is 17.3 Å². The van der Waals surface area contributed by atoms with Crippen molar-refractivity contribution in [2.24, 2.45) is 0 Å². The summed E-state index contributed by atoms with van der Waals surface area (Å²) < 4.78 is 30.5. The predicted molar refractivity (Wildman–Crippen MR) is 109 cm³/mol. The minimum atomic E-state index is -3.81. The summed E-state index contributed by atoms with van der Waals surface area (Å²) in [6, 6.07) is 8.78. The first-order valence-electron chi connectivity index (χ1n) is 8.42. The van der Waals surface area contributed by atoms with Crippen molar-refractivity contribution in [1.82, 2.24) is 4.31 Å². The number of rotatable bonds is 7. The smallest absolute Gasteiger partial charge is 0.340 e. The Morgan fingerprint density at radius 2 is 1.87 bits per heavy atom. The van der Waals surface area contributed by atoms with E-state index in [-0.39, 0.29) is 26.9 Å². The van der Waals surface area contributed by atoms with Crippen LogP contribution in [-0.2, 0) is 19.6 Å². The molecule has 0 radical (unpaired) electrons. The number of benzene rings is 2. The van der Waals surface area contributed by atoms with Crippen molar-refractivity contribution in [1.29, 1.82) is 0 Å². The third-order valence-corrected chi connectivity index (χ3v) is 6.05. The van der Waals surface area contributed by atoms with Gasteiger partial charge in [0.05, 0.1) is 20.4 Å². The third kappa shape index (κ3) is 5.32. The quantitative estimate of drug-likeness (QED) is 0.385. The van der Waals surface area contributed by atoms with Gasteiger partial charge in [-0.2, -0.15) is 0 Å². The molecule has 0 aliphatic rings. The maximum absolute atomic E-state index is 12.4. The van der Waals surface area contributed by atoms with E-state index in [0.717, 1.165) is 16.4 Å². The zero-order chi connectivity index (χ0) is 22.6. The van der Waals surface area contributed by atoms with Gasteiger partial charge in [0, 0.05) is 31.9 Å². The highest BCUT2D eigenvalue weighted by atomic mass is 35.5. The Morgan fingerprint density at radius 1 is 1.20 bits per heavy atom. The number of non-ortho nitro benzene ring substituents is 1. The van der Waals surface area contributed by atoms with Crippen molar-refractivity contribution in [3.05, 3.63) is 63.2 Å². The SMILES string of the molecule is C[C@H](OC(=O)c1cc(S(=O)(=O)N(C)C)ccc1Cl)C(=O)Nc1cccc([N+](=O)[O-])c1. The van der Waals surface area contributed by atoms with Gasteiger partial charge in [-0.25, -0.2) is 17.5 Å². The number of carbonyl (C=O) groups is 2. The molecule has 0 heterocycles. The zero-order valence-corrected chi connectivity index (χ0v) is 17.7. The first-order valence-corrected chi connectivity index (χ1v) is 10.2. The van der Waals surface area contributed by atoms with E-state index in [1.807, 2.05) is 0 Å².